The van der Waals surface area contributed by atoms with Crippen LogP contribution in [0.1, 0.15) is 44.0 Å². The fraction of sp³-hybridized carbons (Fsp3) is 0.375. The number of carbonyl (C=O) groups excluding carboxylic acids is 2. The normalized spacial score (nSPS) is 10.5. The predicted octanol–water partition coefficient (Wildman–Crippen LogP) is 2.57. The van der Waals surface area contributed by atoms with Crippen molar-refractivity contribution in [2.75, 3.05) is 5.32 Å². The summed E-state index contributed by atoms with van der Waals surface area (Å²) in [4.78, 5) is 23.1. The third-order valence-electron chi connectivity index (χ3n) is 3.30. The van der Waals surface area contributed by atoms with Crippen molar-refractivity contribution in [1.82, 2.24) is 5.32 Å². The summed E-state index contributed by atoms with van der Waals surface area (Å²) in [7, 11) is 0. The summed E-state index contributed by atoms with van der Waals surface area (Å²) in [5.41, 5.74) is 0.566. The van der Waals surface area contributed by atoms with Gasteiger partial charge in [0.1, 0.15) is 5.54 Å². The highest BCUT2D eigenvalue weighted by atomic mass is 16.2. The second kappa shape index (κ2) is 6.76. The smallest absolute Gasteiger partial charge is 0.252 e. The molecule has 106 valence electrons. The Morgan fingerprint density at radius 1 is 1.20 bits per heavy atom. The Hall–Kier alpha value is -2.28. The molecule has 20 heavy (non-hydrogen) atoms. The van der Waals surface area contributed by atoms with Gasteiger partial charge in [-0.2, -0.15) is 0 Å². The molecular weight excluding hydrogens is 252 g/mol. The van der Waals surface area contributed by atoms with Crippen molar-refractivity contribution >= 4 is 17.5 Å². The first-order valence-electron chi connectivity index (χ1n) is 6.64. The number of terminal acetylenes is 1. The highest BCUT2D eigenvalue weighted by Gasteiger charge is 2.25. The Labute approximate surface area is 120 Å². The Balaban J connectivity index is 2.83. The van der Waals surface area contributed by atoms with E-state index in [-0.39, 0.29) is 11.8 Å². The molecule has 2 amide bonds. The molecule has 0 bridgehead atoms. The molecule has 0 fully saturated rings. The first kappa shape index (κ1) is 15.8. The number of benzene rings is 1. The van der Waals surface area contributed by atoms with Crippen molar-refractivity contribution in [3.05, 3.63) is 29.8 Å². The van der Waals surface area contributed by atoms with Crippen LogP contribution in [0.2, 0.25) is 0 Å². The van der Waals surface area contributed by atoms with Gasteiger partial charge >= 0.3 is 0 Å². The molecule has 0 aromatic heterocycles. The molecule has 0 saturated carbocycles. The van der Waals surface area contributed by atoms with E-state index in [1.54, 1.807) is 24.3 Å². The zero-order valence-electron chi connectivity index (χ0n) is 12.1. The standard InChI is InChI=1S/C16H20N2O2/c1-5-16(6-2,7-3)18-15(20)13-8-10-14(11-9-13)17-12(4)19/h1,8-11H,6-7H2,2-4H3,(H,17,19)(H,18,20). The molecule has 1 aromatic rings. The molecule has 0 saturated heterocycles. The minimum Gasteiger partial charge on any atom is -0.336 e. The number of nitrogens with one attached hydrogen (secondary N) is 2. The van der Waals surface area contributed by atoms with E-state index in [1.807, 2.05) is 13.8 Å². The van der Waals surface area contributed by atoms with Crippen molar-refractivity contribution in [3.8, 4) is 12.3 Å². The van der Waals surface area contributed by atoms with Crippen LogP contribution in [0, 0.1) is 12.3 Å². The second-order valence-electron chi connectivity index (χ2n) is 4.65. The number of anilines is 1. The molecule has 0 aliphatic rings. The van der Waals surface area contributed by atoms with Crippen LogP contribution in [0.4, 0.5) is 5.69 Å². The van der Waals surface area contributed by atoms with Crippen molar-refractivity contribution in [1.29, 1.82) is 0 Å². The van der Waals surface area contributed by atoms with Crippen molar-refractivity contribution in [2.24, 2.45) is 0 Å². The van der Waals surface area contributed by atoms with E-state index in [2.05, 4.69) is 16.6 Å². The highest BCUT2D eigenvalue weighted by Crippen LogP contribution is 2.16. The molecule has 0 aliphatic carbocycles. The van der Waals surface area contributed by atoms with Crippen LogP contribution in [0.15, 0.2) is 24.3 Å². The fourth-order valence-corrected chi connectivity index (χ4v) is 1.86. The largest absolute Gasteiger partial charge is 0.336 e. The number of hydrogen-bond donors (Lipinski definition) is 2. The van der Waals surface area contributed by atoms with Crippen molar-refractivity contribution in [3.63, 3.8) is 0 Å². The number of hydrogen-bond acceptors (Lipinski definition) is 2. The molecule has 0 aliphatic heterocycles. The average molecular weight is 272 g/mol. The van der Waals surface area contributed by atoms with Gasteiger partial charge in [-0.15, -0.1) is 6.42 Å². The maximum Gasteiger partial charge on any atom is 0.252 e. The maximum atomic E-state index is 12.2. The van der Waals surface area contributed by atoms with E-state index in [4.69, 9.17) is 6.42 Å². The molecule has 0 spiro atoms. The summed E-state index contributed by atoms with van der Waals surface area (Å²) in [6.07, 6.45) is 6.87. The van der Waals surface area contributed by atoms with Gasteiger partial charge in [-0.3, -0.25) is 9.59 Å². The Morgan fingerprint density at radius 3 is 2.15 bits per heavy atom. The molecule has 4 nitrogen and oxygen atoms in total. The average Bonchev–Trinajstić information content (AvgIpc) is 2.45. The van der Waals surface area contributed by atoms with Gasteiger partial charge < -0.3 is 10.6 Å². The van der Waals surface area contributed by atoms with E-state index >= 15 is 0 Å². The first-order chi connectivity index (χ1) is 9.46. The fourth-order valence-electron chi connectivity index (χ4n) is 1.86. The van der Waals surface area contributed by atoms with Gasteiger partial charge in [0.25, 0.3) is 5.91 Å². The van der Waals surface area contributed by atoms with Crippen LogP contribution in [0.3, 0.4) is 0 Å². The highest BCUT2D eigenvalue weighted by molar-refractivity contribution is 5.96. The molecule has 0 heterocycles. The van der Waals surface area contributed by atoms with E-state index in [1.165, 1.54) is 6.92 Å². The molecular formula is C16H20N2O2. The van der Waals surface area contributed by atoms with Gasteiger partial charge in [-0.25, -0.2) is 0 Å². The lowest BCUT2D eigenvalue weighted by Gasteiger charge is -2.27. The Morgan fingerprint density at radius 2 is 1.75 bits per heavy atom. The van der Waals surface area contributed by atoms with E-state index < -0.39 is 5.54 Å². The zero-order valence-corrected chi connectivity index (χ0v) is 12.1. The van der Waals surface area contributed by atoms with Crippen LogP contribution in [0.25, 0.3) is 0 Å². The van der Waals surface area contributed by atoms with Crippen LogP contribution >= 0.6 is 0 Å². The van der Waals surface area contributed by atoms with Gasteiger partial charge in [-0.1, -0.05) is 19.8 Å². The van der Waals surface area contributed by atoms with Crippen LogP contribution in [-0.4, -0.2) is 17.4 Å². The summed E-state index contributed by atoms with van der Waals surface area (Å²) < 4.78 is 0. The van der Waals surface area contributed by atoms with Gasteiger partial charge in [0, 0.05) is 18.2 Å². The first-order valence-corrected chi connectivity index (χ1v) is 6.64. The number of rotatable bonds is 5. The zero-order chi connectivity index (χ0) is 15.2. The monoisotopic (exact) mass is 272 g/mol. The lowest BCUT2D eigenvalue weighted by atomic mass is 9.93. The summed E-state index contributed by atoms with van der Waals surface area (Å²) in [6, 6.07) is 6.69. The summed E-state index contributed by atoms with van der Waals surface area (Å²) in [6.45, 7) is 5.33. The van der Waals surface area contributed by atoms with Crippen LogP contribution in [-0.2, 0) is 4.79 Å². The quantitative estimate of drug-likeness (QED) is 0.809. The molecule has 0 radical (unpaired) electrons. The summed E-state index contributed by atoms with van der Waals surface area (Å²) in [5.74, 6) is 2.31. The van der Waals surface area contributed by atoms with Gasteiger partial charge in [0.05, 0.1) is 0 Å². The predicted molar refractivity (Wildman–Crippen MR) is 80.4 cm³/mol. The van der Waals surface area contributed by atoms with Crippen LogP contribution in [0.5, 0.6) is 0 Å². The lowest BCUT2D eigenvalue weighted by molar-refractivity contribution is -0.114. The molecule has 2 N–H and O–H groups in total. The Bertz CT molecular complexity index is 522. The van der Waals surface area contributed by atoms with E-state index in [0.29, 0.717) is 24.1 Å². The van der Waals surface area contributed by atoms with Gasteiger partial charge in [0.2, 0.25) is 5.91 Å². The van der Waals surface area contributed by atoms with Crippen molar-refractivity contribution in [2.45, 2.75) is 39.2 Å². The van der Waals surface area contributed by atoms with Gasteiger partial charge in [-0.05, 0) is 37.1 Å². The van der Waals surface area contributed by atoms with E-state index in [0.717, 1.165) is 0 Å². The third kappa shape index (κ3) is 3.86. The molecule has 1 aromatic carbocycles. The third-order valence-corrected chi connectivity index (χ3v) is 3.30. The number of amides is 2. The lowest BCUT2D eigenvalue weighted by Crippen LogP contribution is -2.46. The SMILES string of the molecule is C#CC(CC)(CC)NC(=O)c1ccc(NC(C)=O)cc1. The minimum atomic E-state index is -0.604. The number of carbonyl (C=O) groups is 2. The van der Waals surface area contributed by atoms with Crippen molar-refractivity contribution < 1.29 is 9.59 Å². The molecule has 4 heteroatoms. The minimum absolute atomic E-state index is 0.148. The second-order valence-corrected chi connectivity index (χ2v) is 4.65. The van der Waals surface area contributed by atoms with E-state index in [9.17, 15) is 9.59 Å². The Kier molecular flexibility index (Phi) is 5.33. The van der Waals surface area contributed by atoms with Crippen LogP contribution < -0.4 is 10.6 Å². The molecule has 0 unspecified atom stereocenters. The van der Waals surface area contributed by atoms with Gasteiger partial charge in [0.15, 0.2) is 0 Å². The maximum absolute atomic E-state index is 12.2. The molecule has 1 rings (SSSR count). The summed E-state index contributed by atoms with van der Waals surface area (Å²) in [5, 5.41) is 5.54. The topological polar surface area (TPSA) is 58.2 Å². The molecule has 0 atom stereocenters. The summed E-state index contributed by atoms with van der Waals surface area (Å²) >= 11 is 0.